The number of anilines is 1. The van der Waals surface area contributed by atoms with Crippen LogP contribution in [0.2, 0.25) is 0 Å². The molecule has 2 aromatic rings. The first-order chi connectivity index (χ1) is 13.8. The van der Waals surface area contributed by atoms with Crippen molar-refractivity contribution in [1.82, 2.24) is 0 Å². The fourth-order valence-corrected chi connectivity index (χ4v) is 3.62. The van der Waals surface area contributed by atoms with Crippen molar-refractivity contribution < 1.29 is 14.3 Å². The molecule has 150 valence electrons. The first-order valence-electron chi connectivity index (χ1n) is 10.4. The average molecular weight is 382 g/mol. The fraction of sp³-hybridized carbons (Fsp3) is 0.458. The standard InChI is InChI=1S/C24H31NO3/c1-20-19-27-17-8-2-6-15-25(16-7-3-9-18-28-24(20)26)23-14-10-12-21-11-4-5-13-22(21)23/h4-5,10-14H,1-3,6-9,15-19H2. The molecule has 0 bridgehead atoms. The van der Waals surface area contributed by atoms with Crippen molar-refractivity contribution in [2.75, 3.05) is 37.8 Å². The molecule has 1 fully saturated rings. The van der Waals surface area contributed by atoms with Gasteiger partial charge in [0.05, 0.1) is 18.8 Å². The van der Waals surface area contributed by atoms with Gasteiger partial charge in [0.25, 0.3) is 0 Å². The smallest absolute Gasteiger partial charge is 0.335 e. The summed E-state index contributed by atoms with van der Waals surface area (Å²) in [5.74, 6) is -0.329. The molecule has 28 heavy (non-hydrogen) atoms. The van der Waals surface area contributed by atoms with Gasteiger partial charge in [0.15, 0.2) is 0 Å². The minimum absolute atomic E-state index is 0.265. The Kier molecular flexibility index (Phi) is 7.92. The minimum Gasteiger partial charge on any atom is -0.462 e. The number of carbonyl (C=O) groups excluding carboxylic acids is 1. The van der Waals surface area contributed by atoms with Crippen LogP contribution in [0.25, 0.3) is 10.8 Å². The molecule has 4 nitrogen and oxygen atoms in total. The van der Waals surface area contributed by atoms with Gasteiger partial charge in [-0.25, -0.2) is 4.79 Å². The number of rotatable bonds is 1. The molecule has 1 saturated heterocycles. The van der Waals surface area contributed by atoms with Crippen LogP contribution in [-0.4, -0.2) is 38.9 Å². The molecule has 0 N–H and O–H groups in total. The summed E-state index contributed by atoms with van der Waals surface area (Å²) >= 11 is 0. The van der Waals surface area contributed by atoms with Crippen LogP contribution in [0, 0.1) is 0 Å². The van der Waals surface area contributed by atoms with Gasteiger partial charge in [-0.05, 0) is 50.0 Å². The van der Waals surface area contributed by atoms with Gasteiger partial charge in [0, 0.05) is 30.8 Å². The van der Waals surface area contributed by atoms with Crippen molar-refractivity contribution in [3.05, 3.63) is 54.6 Å². The third kappa shape index (κ3) is 5.83. The maximum atomic E-state index is 11.9. The van der Waals surface area contributed by atoms with E-state index in [1.54, 1.807) is 0 Å². The maximum Gasteiger partial charge on any atom is 0.335 e. The number of esters is 1. The molecule has 0 aromatic heterocycles. The summed E-state index contributed by atoms with van der Waals surface area (Å²) in [6, 6.07) is 15.2. The van der Waals surface area contributed by atoms with Gasteiger partial charge in [-0.15, -0.1) is 0 Å². The molecule has 0 unspecified atom stereocenters. The Bertz CT molecular complexity index is 781. The number of benzene rings is 2. The zero-order valence-electron chi connectivity index (χ0n) is 16.7. The van der Waals surface area contributed by atoms with Crippen molar-refractivity contribution in [3.63, 3.8) is 0 Å². The normalized spacial score (nSPS) is 18.8. The molecule has 2 aromatic carbocycles. The van der Waals surface area contributed by atoms with Crippen LogP contribution in [0.15, 0.2) is 54.6 Å². The van der Waals surface area contributed by atoms with E-state index in [2.05, 4.69) is 53.9 Å². The first-order valence-corrected chi connectivity index (χ1v) is 10.4. The summed E-state index contributed by atoms with van der Waals surface area (Å²) in [7, 11) is 0. The van der Waals surface area contributed by atoms with Gasteiger partial charge in [-0.3, -0.25) is 0 Å². The van der Waals surface area contributed by atoms with Crippen molar-refractivity contribution in [2.24, 2.45) is 0 Å². The van der Waals surface area contributed by atoms with Crippen LogP contribution in [0.1, 0.15) is 38.5 Å². The lowest BCUT2D eigenvalue weighted by molar-refractivity contribution is -0.139. The lowest BCUT2D eigenvalue weighted by atomic mass is 10.1. The molecule has 0 amide bonds. The summed E-state index contributed by atoms with van der Waals surface area (Å²) in [5.41, 5.74) is 1.73. The summed E-state index contributed by atoms with van der Waals surface area (Å²) in [5, 5.41) is 2.60. The Morgan fingerprint density at radius 1 is 0.821 bits per heavy atom. The minimum atomic E-state index is -0.329. The van der Waals surface area contributed by atoms with Crippen LogP contribution in [0.4, 0.5) is 5.69 Å². The van der Waals surface area contributed by atoms with Gasteiger partial charge in [0.2, 0.25) is 0 Å². The lowest BCUT2D eigenvalue weighted by Gasteiger charge is -2.26. The monoisotopic (exact) mass is 381 g/mol. The summed E-state index contributed by atoms with van der Waals surface area (Å²) in [4.78, 5) is 14.4. The Labute approximate surface area is 168 Å². The van der Waals surface area contributed by atoms with Gasteiger partial charge in [-0.1, -0.05) is 43.0 Å². The molecule has 4 heteroatoms. The van der Waals surface area contributed by atoms with Crippen molar-refractivity contribution in [2.45, 2.75) is 38.5 Å². The van der Waals surface area contributed by atoms with E-state index in [1.165, 1.54) is 16.5 Å². The van der Waals surface area contributed by atoms with E-state index in [0.717, 1.165) is 51.6 Å². The van der Waals surface area contributed by atoms with E-state index >= 15 is 0 Å². The Balaban J connectivity index is 1.66. The van der Waals surface area contributed by atoms with Gasteiger partial charge in [0.1, 0.15) is 0 Å². The third-order valence-corrected chi connectivity index (χ3v) is 5.19. The summed E-state index contributed by atoms with van der Waals surface area (Å²) in [6.07, 6.45) is 6.24. The van der Waals surface area contributed by atoms with Crippen LogP contribution >= 0.6 is 0 Å². The topological polar surface area (TPSA) is 38.8 Å². The molecule has 1 heterocycles. The zero-order chi connectivity index (χ0) is 19.6. The van der Waals surface area contributed by atoms with Crippen molar-refractivity contribution >= 4 is 22.4 Å². The molecule has 0 spiro atoms. The highest BCUT2D eigenvalue weighted by Gasteiger charge is 2.12. The quantitative estimate of drug-likeness (QED) is 0.508. The highest BCUT2D eigenvalue weighted by molar-refractivity contribution is 5.94. The van der Waals surface area contributed by atoms with Crippen LogP contribution in [0.3, 0.4) is 0 Å². The second-order valence-electron chi connectivity index (χ2n) is 7.40. The van der Waals surface area contributed by atoms with Crippen LogP contribution in [0.5, 0.6) is 0 Å². The Morgan fingerprint density at radius 2 is 1.54 bits per heavy atom. The van der Waals surface area contributed by atoms with E-state index in [4.69, 9.17) is 9.47 Å². The average Bonchev–Trinajstić information content (AvgIpc) is 2.72. The first kappa shape index (κ1) is 20.4. The van der Waals surface area contributed by atoms with E-state index in [9.17, 15) is 4.79 Å². The molecular formula is C24H31NO3. The second kappa shape index (κ2) is 10.9. The Hall–Kier alpha value is -2.33. The van der Waals surface area contributed by atoms with E-state index in [1.807, 2.05) is 0 Å². The third-order valence-electron chi connectivity index (χ3n) is 5.19. The lowest BCUT2D eigenvalue weighted by Crippen LogP contribution is -2.26. The van der Waals surface area contributed by atoms with E-state index < -0.39 is 0 Å². The largest absolute Gasteiger partial charge is 0.462 e. The molecule has 1 aliphatic heterocycles. The predicted octanol–water partition coefficient (Wildman–Crippen LogP) is 5.12. The molecule has 0 aliphatic carbocycles. The van der Waals surface area contributed by atoms with Crippen LogP contribution < -0.4 is 4.90 Å². The molecular weight excluding hydrogens is 350 g/mol. The number of hydrogen-bond donors (Lipinski definition) is 0. The number of nitrogens with zero attached hydrogens (tertiary/aromatic N) is 1. The van der Waals surface area contributed by atoms with Crippen molar-refractivity contribution in [1.29, 1.82) is 0 Å². The van der Waals surface area contributed by atoms with Gasteiger partial charge in [-0.2, -0.15) is 0 Å². The summed E-state index contributed by atoms with van der Waals surface area (Å²) < 4.78 is 10.9. The van der Waals surface area contributed by atoms with Gasteiger partial charge >= 0.3 is 5.97 Å². The molecule has 1 aliphatic rings. The highest BCUT2D eigenvalue weighted by Crippen LogP contribution is 2.27. The van der Waals surface area contributed by atoms with Crippen LogP contribution in [-0.2, 0) is 14.3 Å². The van der Waals surface area contributed by atoms with Gasteiger partial charge < -0.3 is 14.4 Å². The zero-order valence-corrected chi connectivity index (χ0v) is 16.7. The second-order valence-corrected chi connectivity index (χ2v) is 7.40. The van der Waals surface area contributed by atoms with Crippen molar-refractivity contribution in [3.8, 4) is 0 Å². The Morgan fingerprint density at radius 3 is 2.36 bits per heavy atom. The summed E-state index contributed by atoms with van der Waals surface area (Å²) in [6.45, 7) is 7.20. The molecule has 0 radical (unpaired) electrons. The number of carbonyl (C=O) groups is 1. The highest BCUT2D eigenvalue weighted by atomic mass is 16.5. The SMILES string of the molecule is C=C1COCCCCCN(c2cccc3ccccc23)CCCCCOC1=O. The molecule has 0 atom stereocenters. The van der Waals surface area contributed by atoms with E-state index in [-0.39, 0.29) is 12.6 Å². The maximum absolute atomic E-state index is 11.9. The number of hydrogen-bond acceptors (Lipinski definition) is 4. The number of fused-ring (bicyclic) bond motifs is 1. The fourth-order valence-electron chi connectivity index (χ4n) is 3.62. The van der Waals surface area contributed by atoms with E-state index in [0.29, 0.717) is 18.8 Å². The molecule has 0 saturated carbocycles. The predicted molar refractivity (Wildman–Crippen MR) is 115 cm³/mol. The molecule has 3 rings (SSSR count). The number of ether oxygens (including phenoxy) is 2. The number of cyclic esters (lactones) is 1.